The van der Waals surface area contributed by atoms with Crippen LogP contribution in [0.1, 0.15) is 78.6 Å². The van der Waals surface area contributed by atoms with Gasteiger partial charge in [0, 0.05) is 6.04 Å². The summed E-state index contributed by atoms with van der Waals surface area (Å²) >= 11 is 0. The topological polar surface area (TPSA) is 86.8 Å². The van der Waals surface area contributed by atoms with E-state index in [1.54, 1.807) is 0 Å². The van der Waals surface area contributed by atoms with Crippen LogP contribution >= 0.6 is 0 Å². The van der Waals surface area contributed by atoms with E-state index in [2.05, 4.69) is 19.2 Å². The Morgan fingerprint density at radius 1 is 0.967 bits per heavy atom. The lowest BCUT2D eigenvalue weighted by molar-refractivity contribution is -0.150. The number of nitrogens with one attached hydrogen (secondary N) is 1. The lowest BCUT2D eigenvalue weighted by Gasteiger charge is -2.58. The molecule has 1 N–H and O–H groups in total. The molecule has 0 unspecified atom stereocenters. The Bertz CT molecular complexity index is 711. The molecule has 7 heteroatoms. The molecule has 0 aromatic heterocycles. The molecule has 7 nitrogen and oxygen atoms in total. The summed E-state index contributed by atoms with van der Waals surface area (Å²) in [5.41, 5.74) is -0.506. The first-order valence-corrected chi connectivity index (χ1v) is 11.7. The molecule has 5 amide bonds. The van der Waals surface area contributed by atoms with Crippen LogP contribution in [0.2, 0.25) is 0 Å². The average Bonchev–Trinajstić information content (AvgIpc) is 2.84. The molecule has 4 saturated carbocycles. The number of urea groups is 1. The van der Waals surface area contributed by atoms with Gasteiger partial charge in [0.05, 0.1) is 5.54 Å². The maximum absolute atomic E-state index is 13.1. The van der Waals surface area contributed by atoms with Gasteiger partial charge in [-0.1, -0.05) is 26.7 Å². The molecule has 5 rings (SSSR count). The summed E-state index contributed by atoms with van der Waals surface area (Å²) in [6, 6.07) is -0.617. The van der Waals surface area contributed by atoms with Gasteiger partial charge >= 0.3 is 17.8 Å². The van der Waals surface area contributed by atoms with E-state index in [0.29, 0.717) is 23.7 Å². The van der Waals surface area contributed by atoms with Crippen molar-refractivity contribution in [1.29, 1.82) is 0 Å². The fourth-order valence-corrected chi connectivity index (χ4v) is 6.77. The maximum Gasteiger partial charge on any atom is 0.335 e. The third kappa shape index (κ3) is 3.87. The minimum absolute atomic E-state index is 0.0287. The van der Waals surface area contributed by atoms with Gasteiger partial charge in [0.25, 0.3) is 0 Å². The Labute approximate surface area is 178 Å². The van der Waals surface area contributed by atoms with Crippen molar-refractivity contribution in [1.82, 2.24) is 15.1 Å². The van der Waals surface area contributed by atoms with Crippen LogP contribution in [0.5, 0.6) is 0 Å². The minimum Gasteiger partial charge on any atom is -0.352 e. The van der Waals surface area contributed by atoms with Crippen molar-refractivity contribution in [2.75, 3.05) is 6.54 Å². The zero-order chi connectivity index (χ0) is 21.6. The smallest absolute Gasteiger partial charge is 0.335 e. The summed E-state index contributed by atoms with van der Waals surface area (Å²) < 4.78 is 0. The van der Waals surface area contributed by atoms with E-state index in [0.717, 1.165) is 43.4 Å². The van der Waals surface area contributed by atoms with Gasteiger partial charge in [-0.25, -0.2) is 14.6 Å². The van der Waals surface area contributed by atoms with Gasteiger partial charge in [0.1, 0.15) is 6.54 Å². The highest BCUT2D eigenvalue weighted by Crippen LogP contribution is 2.58. The molecular formula is C23H35N3O4. The molecule has 4 aliphatic carbocycles. The van der Waals surface area contributed by atoms with Crippen LogP contribution in [-0.4, -0.2) is 51.7 Å². The molecule has 1 aliphatic heterocycles. The molecule has 1 heterocycles. The highest BCUT2D eigenvalue weighted by Gasteiger charge is 2.61. The molecule has 5 fully saturated rings. The van der Waals surface area contributed by atoms with Crippen molar-refractivity contribution in [3.05, 3.63) is 0 Å². The lowest BCUT2D eigenvalue weighted by atomic mass is 9.52. The Morgan fingerprint density at radius 3 is 2.07 bits per heavy atom. The highest BCUT2D eigenvalue weighted by molar-refractivity contribution is 6.45. The third-order valence-electron chi connectivity index (χ3n) is 7.66. The second kappa shape index (κ2) is 7.97. The van der Waals surface area contributed by atoms with Crippen molar-refractivity contribution < 1.29 is 19.2 Å². The molecule has 30 heavy (non-hydrogen) atoms. The van der Waals surface area contributed by atoms with Crippen LogP contribution in [0.15, 0.2) is 0 Å². The first-order valence-electron chi connectivity index (χ1n) is 11.7. The number of carbonyl (C=O) groups is 4. The van der Waals surface area contributed by atoms with Crippen molar-refractivity contribution in [2.24, 2.45) is 23.7 Å². The quantitative estimate of drug-likeness (QED) is 0.486. The Kier molecular flexibility index (Phi) is 5.66. The molecule has 0 radical (unpaired) electrons. The normalized spacial score (nSPS) is 33.7. The van der Waals surface area contributed by atoms with Gasteiger partial charge in [0.15, 0.2) is 0 Å². The van der Waals surface area contributed by atoms with Crippen LogP contribution in [-0.2, 0) is 14.4 Å². The summed E-state index contributed by atoms with van der Waals surface area (Å²) in [6.45, 7) is 5.89. The van der Waals surface area contributed by atoms with Gasteiger partial charge in [-0.05, 0) is 75.5 Å². The number of hydrogen-bond donors (Lipinski definition) is 1. The lowest BCUT2D eigenvalue weighted by Crippen LogP contribution is -2.62. The van der Waals surface area contributed by atoms with Gasteiger partial charge in [-0.2, -0.15) is 0 Å². The van der Waals surface area contributed by atoms with Crippen molar-refractivity contribution in [3.63, 3.8) is 0 Å². The van der Waals surface area contributed by atoms with E-state index in [1.807, 2.05) is 6.92 Å². The van der Waals surface area contributed by atoms with Crippen LogP contribution in [0, 0.1) is 23.7 Å². The summed E-state index contributed by atoms with van der Waals surface area (Å²) in [5.74, 6) is 0.310. The number of imide groups is 2. The summed E-state index contributed by atoms with van der Waals surface area (Å²) in [6.07, 6.45) is 8.96. The van der Waals surface area contributed by atoms with E-state index in [-0.39, 0.29) is 18.5 Å². The van der Waals surface area contributed by atoms with Gasteiger partial charge in [0.2, 0.25) is 5.91 Å². The molecular weight excluding hydrogens is 382 g/mol. The highest BCUT2D eigenvalue weighted by atomic mass is 16.2. The number of nitrogens with zero attached hydrogens (tertiary/aromatic N) is 2. The molecule has 4 bridgehead atoms. The Balaban J connectivity index is 1.39. The first-order chi connectivity index (χ1) is 14.2. The van der Waals surface area contributed by atoms with Gasteiger partial charge < -0.3 is 5.32 Å². The number of carbonyl (C=O) groups excluding carboxylic acids is 4. The molecule has 166 valence electrons. The monoisotopic (exact) mass is 417 g/mol. The van der Waals surface area contributed by atoms with E-state index in [9.17, 15) is 19.2 Å². The standard InChI is InChI=1S/C23H35N3O4/c1-14(2)5-4-6-15(3)24-19(27)13-25-20(28)21(29)26(22(25)30)23-10-16-7-17(11-23)9-18(8-16)12-23/h14-18H,4-13H2,1-3H3,(H,24,27)/t15-,16?,17?,18?,23?/m0/s1. The molecule has 0 aromatic rings. The molecule has 0 spiro atoms. The number of hydrogen-bond acceptors (Lipinski definition) is 4. The molecule has 0 aromatic carbocycles. The summed E-state index contributed by atoms with van der Waals surface area (Å²) in [4.78, 5) is 53.2. The first kappa shape index (κ1) is 21.3. The zero-order valence-electron chi connectivity index (χ0n) is 18.5. The predicted octanol–water partition coefficient (Wildman–Crippen LogP) is 3.08. The maximum atomic E-state index is 13.1. The third-order valence-corrected chi connectivity index (χ3v) is 7.66. The minimum atomic E-state index is -0.849. The van der Waals surface area contributed by atoms with Gasteiger partial charge in [-0.3, -0.25) is 14.4 Å². The van der Waals surface area contributed by atoms with Crippen LogP contribution in [0.25, 0.3) is 0 Å². The number of amides is 5. The second-order valence-corrected chi connectivity index (χ2v) is 10.7. The fourth-order valence-electron chi connectivity index (χ4n) is 6.77. The molecule has 5 aliphatic rings. The van der Waals surface area contributed by atoms with Crippen molar-refractivity contribution in [2.45, 2.75) is 90.1 Å². The van der Waals surface area contributed by atoms with E-state index >= 15 is 0 Å². The summed E-state index contributed by atoms with van der Waals surface area (Å²) in [5, 5.41) is 2.87. The molecule has 1 saturated heterocycles. The van der Waals surface area contributed by atoms with Crippen LogP contribution in [0.3, 0.4) is 0 Å². The SMILES string of the molecule is CC(C)CCC[C@H](C)NC(=O)CN1C(=O)C(=O)N(C23CC4CC(CC(C4)C2)C3)C1=O. The molecule has 1 atom stereocenters. The number of rotatable bonds is 8. The second-order valence-electron chi connectivity index (χ2n) is 10.7. The average molecular weight is 418 g/mol. The predicted molar refractivity (Wildman–Crippen MR) is 111 cm³/mol. The van der Waals surface area contributed by atoms with Crippen molar-refractivity contribution >= 4 is 23.8 Å². The fraction of sp³-hybridized carbons (Fsp3) is 0.826. The zero-order valence-corrected chi connectivity index (χ0v) is 18.5. The van der Waals surface area contributed by atoms with Crippen LogP contribution in [0.4, 0.5) is 4.79 Å². The van der Waals surface area contributed by atoms with Crippen LogP contribution < -0.4 is 5.32 Å². The van der Waals surface area contributed by atoms with E-state index < -0.39 is 23.4 Å². The Hall–Kier alpha value is -1.92. The van der Waals surface area contributed by atoms with Gasteiger partial charge in [-0.15, -0.1) is 0 Å². The Morgan fingerprint density at radius 2 is 1.53 bits per heavy atom. The summed E-state index contributed by atoms with van der Waals surface area (Å²) in [7, 11) is 0. The van der Waals surface area contributed by atoms with E-state index in [4.69, 9.17) is 0 Å². The largest absolute Gasteiger partial charge is 0.352 e. The van der Waals surface area contributed by atoms with Crippen molar-refractivity contribution in [3.8, 4) is 0 Å². The van der Waals surface area contributed by atoms with E-state index in [1.165, 1.54) is 24.2 Å².